The molecule has 4 aromatic rings. The number of fused-ring (bicyclic) bond motifs is 1. The number of alkyl halides is 3. The maximum absolute atomic E-state index is 13.0. The lowest BCUT2D eigenvalue weighted by Crippen LogP contribution is -2.32. The van der Waals surface area contributed by atoms with Crippen LogP contribution < -0.4 is 16.4 Å². The van der Waals surface area contributed by atoms with Crippen LogP contribution in [-0.2, 0) is 17.4 Å². The van der Waals surface area contributed by atoms with E-state index >= 15 is 0 Å². The summed E-state index contributed by atoms with van der Waals surface area (Å²) in [6.45, 7) is 0.682. The number of nitrogens with one attached hydrogen (secondary N) is 3. The highest BCUT2D eigenvalue weighted by atomic mass is 19.4. The monoisotopic (exact) mass is 593 g/mol. The number of anilines is 2. The normalized spacial score (nSPS) is 14.1. The molecule has 43 heavy (non-hydrogen) atoms. The first-order valence-corrected chi connectivity index (χ1v) is 14.5. The predicted molar refractivity (Wildman–Crippen MR) is 158 cm³/mol. The number of benzene rings is 1. The average Bonchev–Trinajstić information content (AvgIpc) is 3.46. The largest absolute Gasteiger partial charge is 0.416 e. The fraction of sp³-hybridized carbons (Fsp3) is 0.387. The first-order valence-electron chi connectivity index (χ1n) is 14.5. The Hall–Kier alpha value is -4.48. The Balaban J connectivity index is 1.19. The van der Waals surface area contributed by atoms with Crippen molar-refractivity contribution in [3.05, 3.63) is 65.5 Å². The molecule has 12 heteroatoms. The summed E-state index contributed by atoms with van der Waals surface area (Å²) in [7, 11) is 0. The summed E-state index contributed by atoms with van der Waals surface area (Å²) in [4.78, 5) is 33.2. The summed E-state index contributed by atoms with van der Waals surface area (Å²) < 4.78 is 38.9. The lowest BCUT2D eigenvalue weighted by Gasteiger charge is -2.20. The minimum absolute atomic E-state index is 0.173. The molecule has 0 spiro atoms. The van der Waals surface area contributed by atoms with E-state index in [9.17, 15) is 22.8 Å². The number of aromatic nitrogens is 4. The zero-order chi connectivity index (χ0) is 30.4. The van der Waals surface area contributed by atoms with Crippen LogP contribution in [0.25, 0.3) is 22.2 Å². The Bertz CT molecular complexity index is 1580. The van der Waals surface area contributed by atoms with Crippen LogP contribution >= 0.6 is 0 Å². The summed E-state index contributed by atoms with van der Waals surface area (Å²) >= 11 is 0. The zero-order valence-corrected chi connectivity index (χ0v) is 23.6. The van der Waals surface area contributed by atoms with Crippen LogP contribution in [0.4, 0.5) is 24.8 Å². The van der Waals surface area contributed by atoms with Gasteiger partial charge in [0, 0.05) is 36.0 Å². The number of hydrogen-bond donors (Lipinski definition) is 4. The third-order valence-corrected chi connectivity index (χ3v) is 7.85. The quantitative estimate of drug-likeness (QED) is 0.160. The number of nitrogen functional groups attached to an aromatic ring is 1. The molecule has 3 aromatic heterocycles. The second-order valence-corrected chi connectivity index (χ2v) is 10.9. The molecule has 1 fully saturated rings. The van der Waals surface area contributed by atoms with Crippen molar-refractivity contribution in [1.29, 1.82) is 0 Å². The van der Waals surface area contributed by atoms with E-state index in [-0.39, 0.29) is 23.2 Å². The van der Waals surface area contributed by atoms with Crippen molar-refractivity contribution in [2.75, 3.05) is 17.6 Å². The number of pyridine rings is 2. The molecule has 1 saturated carbocycles. The number of nitrogens with two attached hydrogens (primary N) is 1. The number of aromatic amines is 1. The number of carbonyl (C=O) groups excluding carboxylic acids is 2. The first-order chi connectivity index (χ1) is 20.7. The minimum atomic E-state index is -4.54. The molecule has 1 aromatic carbocycles. The highest BCUT2D eigenvalue weighted by Crippen LogP contribution is 2.33. The fourth-order valence-corrected chi connectivity index (χ4v) is 5.48. The number of amides is 2. The number of H-pyrrole nitrogens is 1. The Labute approximate surface area is 246 Å². The Morgan fingerprint density at radius 3 is 2.51 bits per heavy atom. The van der Waals surface area contributed by atoms with Gasteiger partial charge in [0.15, 0.2) is 0 Å². The van der Waals surface area contributed by atoms with Crippen molar-refractivity contribution < 1.29 is 22.8 Å². The molecule has 226 valence electrons. The van der Waals surface area contributed by atoms with Crippen molar-refractivity contribution in [2.45, 2.75) is 64.0 Å². The molecule has 5 rings (SSSR count). The van der Waals surface area contributed by atoms with Gasteiger partial charge in [-0.3, -0.25) is 14.7 Å². The van der Waals surface area contributed by atoms with E-state index in [0.29, 0.717) is 23.4 Å². The molecule has 1 aliphatic carbocycles. The second kappa shape index (κ2) is 13.2. The number of unbranched alkanes of at least 4 members (excludes halogenated alkanes) is 2. The third kappa shape index (κ3) is 7.30. The van der Waals surface area contributed by atoms with Crippen LogP contribution in [0.15, 0.2) is 48.8 Å². The average molecular weight is 594 g/mol. The van der Waals surface area contributed by atoms with Crippen LogP contribution in [0.3, 0.4) is 0 Å². The number of aryl methyl sites for hydroxylation is 1. The molecular weight excluding hydrogens is 559 g/mol. The van der Waals surface area contributed by atoms with Gasteiger partial charge in [-0.2, -0.15) is 18.3 Å². The number of rotatable bonds is 10. The molecule has 1 aliphatic rings. The number of nitrogens with zero attached hydrogens (tertiary/aromatic N) is 3. The molecule has 2 amide bonds. The van der Waals surface area contributed by atoms with Gasteiger partial charge in [0.1, 0.15) is 17.2 Å². The Morgan fingerprint density at radius 1 is 1.00 bits per heavy atom. The molecule has 0 unspecified atom stereocenters. The van der Waals surface area contributed by atoms with Crippen LogP contribution in [0, 0.1) is 5.92 Å². The van der Waals surface area contributed by atoms with Gasteiger partial charge in [0.2, 0.25) is 5.91 Å². The topological polar surface area (TPSA) is 139 Å². The summed E-state index contributed by atoms with van der Waals surface area (Å²) in [5, 5.41) is 13.7. The van der Waals surface area contributed by atoms with Crippen LogP contribution in [0.1, 0.15) is 72.9 Å². The molecule has 0 radical (unpaired) electrons. The van der Waals surface area contributed by atoms with E-state index in [1.54, 1.807) is 30.5 Å². The van der Waals surface area contributed by atoms with Gasteiger partial charge in [-0.1, -0.05) is 37.8 Å². The molecule has 0 atom stereocenters. The molecule has 0 saturated heterocycles. The number of halogens is 3. The summed E-state index contributed by atoms with van der Waals surface area (Å²) in [5.41, 5.74) is 8.64. The number of carbonyl (C=O) groups is 2. The SMILES string of the molecule is Nc1ncc(CCCCCNC(=O)C2CCCCC2)c2n[nH]c(-c3ccc(C(=O)Nc4cc(C(F)(F)F)ccn4)cc3)c12. The standard InChI is InChI=1S/C31H34F3N7O2/c32-31(33,34)23-14-16-36-24(17-23)39-30(43)21-12-10-19(11-13-21)26-25-27(41-40-26)22(18-38-28(25)35)9-5-2-6-15-37-29(42)20-7-3-1-4-8-20/h10-14,16-18,20H,1-9,15H2,(H2,35,38)(H,37,42)(H,40,41)(H,36,39,43). The van der Waals surface area contributed by atoms with Gasteiger partial charge in [-0.15, -0.1) is 0 Å². The number of hydrogen-bond acceptors (Lipinski definition) is 6. The highest BCUT2D eigenvalue weighted by Gasteiger charge is 2.31. The summed E-state index contributed by atoms with van der Waals surface area (Å²) in [6, 6.07) is 8.15. The highest BCUT2D eigenvalue weighted by molar-refractivity contribution is 6.05. The van der Waals surface area contributed by atoms with Crippen molar-refractivity contribution in [3.63, 3.8) is 0 Å². The van der Waals surface area contributed by atoms with Crippen molar-refractivity contribution in [2.24, 2.45) is 5.92 Å². The van der Waals surface area contributed by atoms with E-state index < -0.39 is 17.6 Å². The zero-order valence-electron chi connectivity index (χ0n) is 23.6. The minimum Gasteiger partial charge on any atom is -0.383 e. The third-order valence-electron chi connectivity index (χ3n) is 7.85. The Morgan fingerprint density at radius 2 is 1.77 bits per heavy atom. The molecule has 3 heterocycles. The Kier molecular flexibility index (Phi) is 9.22. The van der Waals surface area contributed by atoms with Crippen LogP contribution in [-0.4, -0.2) is 38.5 Å². The van der Waals surface area contributed by atoms with Gasteiger partial charge < -0.3 is 16.4 Å². The van der Waals surface area contributed by atoms with Crippen LogP contribution in [0.5, 0.6) is 0 Å². The fourth-order valence-electron chi connectivity index (χ4n) is 5.48. The first kappa shape index (κ1) is 30.0. The van der Waals surface area contributed by atoms with Crippen molar-refractivity contribution in [3.8, 4) is 11.3 Å². The smallest absolute Gasteiger partial charge is 0.383 e. The lowest BCUT2D eigenvalue weighted by atomic mass is 9.88. The van der Waals surface area contributed by atoms with Gasteiger partial charge in [0.25, 0.3) is 5.91 Å². The summed E-state index contributed by atoms with van der Waals surface area (Å²) in [6.07, 6.45) is 7.22. The van der Waals surface area contributed by atoms with Gasteiger partial charge in [-0.05, 0) is 61.9 Å². The molecule has 0 bridgehead atoms. The maximum atomic E-state index is 13.0. The van der Waals surface area contributed by atoms with E-state index in [0.717, 1.165) is 86.3 Å². The van der Waals surface area contributed by atoms with Gasteiger partial charge in [0.05, 0.1) is 16.6 Å². The molecular formula is C31H34F3N7O2. The lowest BCUT2D eigenvalue weighted by molar-refractivity contribution is -0.137. The van der Waals surface area contributed by atoms with E-state index in [1.165, 1.54) is 6.42 Å². The van der Waals surface area contributed by atoms with Crippen molar-refractivity contribution >= 4 is 34.4 Å². The molecule has 9 nitrogen and oxygen atoms in total. The predicted octanol–water partition coefficient (Wildman–Crippen LogP) is 6.28. The van der Waals surface area contributed by atoms with E-state index in [1.807, 2.05) is 0 Å². The maximum Gasteiger partial charge on any atom is 0.416 e. The van der Waals surface area contributed by atoms with E-state index in [2.05, 4.69) is 30.8 Å². The molecule has 0 aliphatic heterocycles. The summed E-state index contributed by atoms with van der Waals surface area (Å²) in [5.74, 6) is -0.101. The molecule has 5 N–H and O–H groups in total. The second-order valence-electron chi connectivity index (χ2n) is 10.9. The van der Waals surface area contributed by atoms with Gasteiger partial charge >= 0.3 is 6.18 Å². The van der Waals surface area contributed by atoms with Gasteiger partial charge in [-0.25, -0.2) is 9.97 Å². The van der Waals surface area contributed by atoms with Crippen LogP contribution in [0.2, 0.25) is 0 Å². The van der Waals surface area contributed by atoms with Crippen molar-refractivity contribution in [1.82, 2.24) is 25.5 Å². The van der Waals surface area contributed by atoms with E-state index in [4.69, 9.17) is 5.73 Å².